The highest BCUT2D eigenvalue weighted by Gasteiger charge is 2.18. The van der Waals surface area contributed by atoms with Crippen LogP contribution >= 0.6 is 0 Å². The van der Waals surface area contributed by atoms with E-state index in [9.17, 15) is 0 Å². The van der Waals surface area contributed by atoms with Gasteiger partial charge < -0.3 is 10.5 Å². The van der Waals surface area contributed by atoms with Crippen LogP contribution in [0.25, 0.3) is 0 Å². The maximum absolute atomic E-state index is 5.97. The minimum absolute atomic E-state index is 0.614. The van der Waals surface area contributed by atoms with Crippen LogP contribution in [0, 0.1) is 5.92 Å². The number of rotatable bonds is 9. The third kappa shape index (κ3) is 5.58. The van der Waals surface area contributed by atoms with E-state index in [2.05, 4.69) is 38.7 Å². The number of benzene rings is 1. The summed E-state index contributed by atoms with van der Waals surface area (Å²) in [5.74, 6) is 1.62. The van der Waals surface area contributed by atoms with Crippen molar-refractivity contribution in [3.05, 3.63) is 23.8 Å². The minimum atomic E-state index is 0.614. The molecule has 120 valence electrons. The molecule has 0 radical (unpaired) electrons. The number of nitrogen functional groups attached to an aromatic ring is 1. The van der Waals surface area contributed by atoms with Gasteiger partial charge in [-0.05, 0) is 43.9 Å². The van der Waals surface area contributed by atoms with Crippen LogP contribution in [-0.4, -0.2) is 24.1 Å². The molecule has 21 heavy (non-hydrogen) atoms. The fourth-order valence-electron chi connectivity index (χ4n) is 2.85. The molecule has 3 heteroatoms. The molecule has 0 aliphatic heterocycles. The van der Waals surface area contributed by atoms with Gasteiger partial charge in [0.2, 0.25) is 0 Å². The summed E-state index contributed by atoms with van der Waals surface area (Å²) in [6, 6.07) is 6.58. The molecular weight excluding hydrogens is 260 g/mol. The average molecular weight is 292 g/mol. The second kappa shape index (κ2) is 8.93. The van der Waals surface area contributed by atoms with Gasteiger partial charge >= 0.3 is 0 Å². The number of ether oxygens (including phenoxy) is 1. The molecule has 3 nitrogen and oxygen atoms in total. The summed E-state index contributed by atoms with van der Waals surface area (Å²) in [5.41, 5.74) is 7.97. The van der Waals surface area contributed by atoms with Crippen molar-refractivity contribution >= 4 is 5.69 Å². The Labute approximate surface area is 130 Å². The molecule has 0 aliphatic carbocycles. The maximum atomic E-state index is 5.97. The van der Waals surface area contributed by atoms with Crippen LogP contribution in [0.15, 0.2) is 18.2 Å². The summed E-state index contributed by atoms with van der Waals surface area (Å²) in [4.78, 5) is 2.57. The predicted molar refractivity (Wildman–Crippen MR) is 91.6 cm³/mol. The molecule has 0 spiro atoms. The van der Waals surface area contributed by atoms with E-state index in [4.69, 9.17) is 10.5 Å². The van der Waals surface area contributed by atoms with Crippen LogP contribution in [0.1, 0.15) is 53.0 Å². The molecule has 0 aliphatic rings. The predicted octanol–water partition coefficient (Wildman–Crippen LogP) is 4.31. The van der Waals surface area contributed by atoms with Gasteiger partial charge in [0.1, 0.15) is 5.75 Å². The van der Waals surface area contributed by atoms with E-state index in [0.29, 0.717) is 18.6 Å². The standard InChI is InChI=1S/C18H32N2O/c1-6-17(7-2)20(12-14(4)5)13-15-11-16(19)9-10-18(15)21-8-3/h9-11,14,17H,6-8,12-13,19H2,1-5H3. The highest BCUT2D eigenvalue weighted by atomic mass is 16.5. The van der Waals surface area contributed by atoms with Crippen LogP contribution < -0.4 is 10.5 Å². The van der Waals surface area contributed by atoms with Crippen molar-refractivity contribution in [1.29, 1.82) is 0 Å². The minimum Gasteiger partial charge on any atom is -0.494 e. The van der Waals surface area contributed by atoms with Gasteiger partial charge in [-0.25, -0.2) is 0 Å². The van der Waals surface area contributed by atoms with E-state index in [-0.39, 0.29) is 0 Å². The highest BCUT2D eigenvalue weighted by molar-refractivity contribution is 5.47. The van der Waals surface area contributed by atoms with Crippen LogP contribution in [0.4, 0.5) is 5.69 Å². The first-order chi connectivity index (χ1) is 10.0. The fraction of sp³-hybridized carbons (Fsp3) is 0.667. The lowest BCUT2D eigenvalue weighted by molar-refractivity contribution is 0.155. The summed E-state index contributed by atoms with van der Waals surface area (Å²) in [6.45, 7) is 13.8. The van der Waals surface area contributed by atoms with Crippen molar-refractivity contribution in [2.75, 3.05) is 18.9 Å². The lowest BCUT2D eigenvalue weighted by atomic mass is 10.1. The summed E-state index contributed by atoms with van der Waals surface area (Å²) < 4.78 is 5.76. The van der Waals surface area contributed by atoms with Crippen LogP contribution in [-0.2, 0) is 6.54 Å². The van der Waals surface area contributed by atoms with Gasteiger partial charge in [-0.15, -0.1) is 0 Å². The quantitative estimate of drug-likeness (QED) is 0.689. The fourth-order valence-corrected chi connectivity index (χ4v) is 2.85. The number of anilines is 1. The molecule has 0 saturated carbocycles. The van der Waals surface area contributed by atoms with E-state index in [1.165, 1.54) is 18.4 Å². The van der Waals surface area contributed by atoms with Crippen molar-refractivity contribution in [2.24, 2.45) is 5.92 Å². The number of hydrogen-bond donors (Lipinski definition) is 1. The van der Waals surface area contributed by atoms with Crippen molar-refractivity contribution in [3.63, 3.8) is 0 Å². The zero-order chi connectivity index (χ0) is 15.8. The summed E-state index contributed by atoms with van der Waals surface area (Å²) in [5, 5.41) is 0. The summed E-state index contributed by atoms with van der Waals surface area (Å²) in [6.07, 6.45) is 2.35. The van der Waals surface area contributed by atoms with Crippen LogP contribution in [0.2, 0.25) is 0 Å². The van der Waals surface area contributed by atoms with Crippen LogP contribution in [0.5, 0.6) is 5.75 Å². The van der Waals surface area contributed by atoms with Gasteiger partial charge in [0, 0.05) is 30.4 Å². The Morgan fingerprint density at radius 3 is 2.33 bits per heavy atom. The Morgan fingerprint density at radius 2 is 1.81 bits per heavy atom. The second-order valence-corrected chi connectivity index (χ2v) is 6.09. The molecule has 0 fully saturated rings. The van der Waals surface area contributed by atoms with Gasteiger partial charge in [-0.3, -0.25) is 4.90 Å². The molecule has 0 saturated heterocycles. The number of nitrogens with zero attached hydrogens (tertiary/aromatic N) is 1. The second-order valence-electron chi connectivity index (χ2n) is 6.09. The Bertz CT molecular complexity index is 414. The maximum Gasteiger partial charge on any atom is 0.123 e. The van der Waals surface area contributed by atoms with Crippen molar-refractivity contribution in [1.82, 2.24) is 4.90 Å². The van der Waals surface area contributed by atoms with Gasteiger partial charge in [0.05, 0.1) is 6.61 Å². The Hall–Kier alpha value is -1.22. The van der Waals surface area contributed by atoms with E-state index < -0.39 is 0 Å². The zero-order valence-electron chi connectivity index (χ0n) is 14.4. The molecule has 0 unspecified atom stereocenters. The molecule has 1 rings (SSSR count). The van der Waals surface area contributed by atoms with Crippen molar-refractivity contribution < 1.29 is 4.74 Å². The Balaban J connectivity index is 2.98. The molecule has 1 aromatic rings. The number of nitrogens with two attached hydrogens (primary N) is 1. The molecule has 0 aromatic heterocycles. The van der Waals surface area contributed by atoms with Gasteiger partial charge in [-0.2, -0.15) is 0 Å². The van der Waals surface area contributed by atoms with E-state index in [0.717, 1.165) is 24.5 Å². The Morgan fingerprint density at radius 1 is 1.14 bits per heavy atom. The average Bonchev–Trinajstić information content (AvgIpc) is 2.42. The molecule has 1 aromatic carbocycles. The van der Waals surface area contributed by atoms with E-state index in [1.54, 1.807) is 0 Å². The SMILES string of the molecule is CCOc1ccc(N)cc1CN(CC(C)C)C(CC)CC. The largest absolute Gasteiger partial charge is 0.494 e. The lowest BCUT2D eigenvalue weighted by Gasteiger charge is -2.32. The Kier molecular flexibility index (Phi) is 7.58. The topological polar surface area (TPSA) is 38.5 Å². The van der Waals surface area contributed by atoms with E-state index in [1.807, 2.05) is 19.1 Å². The molecule has 2 N–H and O–H groups in total. The summed E-state index contributed by atoms with van der Waals surface area (Å²) >= 11 is 0. The van der Waals surface area contributed by atoms with Gasteiger partial charge in [0.25, 0.3) is 0 Å². The molecule has 0 atom stereocenters. The normalized spacial score (nSPS) is 11.6. The third-order valence-corrected chi connectivity index (χ3v) is 3.82. The van der Waals surface area contributed by atoms with E-state index >= 15 is 0 Å². The first kappa shape index (κ1) is 17.8. The molecule has 0 bridgehead atoms. The molecular formula is C18H32N2O. The van der Waals surface area contributed by atoms with Crippen molar-refractivity contribution in [2.45, 2.75) is 60.0 Å². The monoisotopic (exact) mass is 292 g/mol. The first-order valence-corrected chi connectivity index (χ1v) is 8.26. The first-order valence-electron chi connectivity index (χ1n) is 8.26. The molecule has 0 heterocycles. The molecule has 0 amide bonds. The van der Waals surface area contributed by atoms with Gasteiger partial charge in [-0.1, -0.05) is 27.7 Å². The van der Waals surface area contributed by atoms with Crippen LogP contribution in [0.3, 0.4) is 0 Å². The smallest absolute Gasteiger partial charge is 0.123 e. The number of hydrogen-bond acceptors (Lipinski definition) is 3. The zero-order valence-corrected chi connectivity index (χ0v) is 14.4. The van der Waals surface area contributed by atoms with Crippen molar-refractivity contribution in [3.8, 4) is 5.75 Å². The highest BCUT2D eigenvalue weighted by Crippen LogP contribution is 2.25. The third-order valence-electron chi connectivity index (χ3n) is 3.82. The summed E-state index contributed by atoms with van der Waals surface area (Å²) in [7, 11) is 0. The lowest BCUT2D eigenvalue weighted by Crippen LogP contribution is -2.36. The van der Waals surface area contributed by atoms with Gasteiger partial charge in [0.15, 0.2) is 0 Å².